The van der Waals surface area contributed by atoms with Gasteiger partial charge in [-0.3, -0.25) is 9.59 Å². The van der Waals surface area contributed by atoms with Crippen LogP contribution in [0.2, 0.25) is 0 Å². The fourth-order valence-corrected chi connectivity index (χ4v) is 3.43. The van der Waals surface area contributed by atoms with Crippen molar-refractivity contribution >= 4 is 27.7 Å². The highest BCUT2D eigenvalue weighted by Gasteiger charge is 2.31. The molecule has 7 nitrogen and oxygen atoms in total. The SMILES string of the molecule is COCC(=O)OS(=O)(=O)c1ccc2c(c1)C(=O)c1ccccc1C2=O. The van der Waals surface area contributed by atoms with E-state index in [1.165, 1.54) is 25.3 Å². The van der Waals surface area contributed by atoms with Crippen molar-refractivity contribution in [3.63, 3.8) is 0 Å². The summed E-state index contributed by atoms with van der Waals surface area (Å²) in [6, 6.07) is 9.69. The van der Waals surface area contributed by atoms with Crippen molar-refractivity contribution in [1.82, 2.24) is 0 Å². The largest absolute Gasteiger partial charge is 0.373 e. The minimum absolute atomic E-state index is 0.0486. The van der Waals surface area contributed by atoms with Gasteiger partial charge in [0.05, 0.1) is 0 Å². The van der Waals surface area contributed by atoms with Crippen LogP contribution in [0.4, 0.5) is 0 Å². The van der Waals surface area contributed by atoms with E-state index in [9.17, 15) is 22.8 Å². The second-order valence-electron chi connectivity index (χ2n) is 5.25. The van der Waals surface area contributed by atoms with E-state index in [1.54, 1.807) is 12.1 Å². The Morgan fingerprint density at radius 3 is 2.08 bits per heavy atom. The maximum atomic E-state index is 12.6. The summed E-state index contributed by atoms with van der Waals surface area (Å²) < 4.78 is 33.2. The van der Waals surface area contributed by atoms with Crippen molar-refractivity contribution in [2.45, 2.75) is 4.90 Å². The highest BCUT2D eigenvalue weighted by atomic mass is 32.2. The maximum absolute atomic E-state index is 12.6. The lowest BCUT2D eigenvalue weighted by Crippen LogP contribution is -2.22. The summed E-state index contributed by atoms with van der Waals surface area (Å²) in [6.45, 7) is -0.533. The van der Waals surface area contributed by atoms with E-state index >= 15 is 0 Å². The van der Waals surface area contributed by atoms with Crippen LogP contribution in [-0.4, -0.2) is 39.7 Å². The van der Waals surface area contributed by atoms with Gasteiger partial charge in [0.2, 0.25) is 0 Å². The Kier molecular flexibility index (Phi) is 4.23. The van der Waals surface area contributed by atoms with E-state index in [4.69, 9.17) is 0 Å². The molecule has 0 saturated carbocycles. The minimum atomic E-state index is -4.43. The molecule has 128 valence electrons. The molecule has 1 aliphatic carbocycles. The van der Waals surface area contributed by atoms with Crippen molar-refractivity contribution in [1.29, 1.82) is 0 Å². The predicted molar refractivity (Wildman–Crippen MR) is 84.9 cm³/mol. The Hall–Kier alpha value is -2.84. The number of ether oxygens (including phenoxy) is 1. The molecule has 0 bridgehead atoms. The third-order valence-electron chi connectivity index (χ3n) is 3.65. The zero-order chi connectivity index (χ0) is 18.2. The van der Waals surface area contributed by atoms with Crippen LogP contribution in [0.25, 0.3) is 0 Å². The number of rotatable bonds is 4. The van der Waals surface area contributed by atoms with Gasteiger partial charge < -0.3 is 8.92 Å². The second kappa shape index (κ2) is 6.23. The highest BCUT2D eigenvalue weighted by Crippen LogP contribution is 2.29. The summed E-state index contributed by atoms with van der Waals surface area (Å²) >= 11 is 0. The summed E-state index contributed by atoms with van der Waals surface area (Å²) in [5.74, 6) is -1.93. The molecule has 0 amide bonds. The van der Waals surface area contributed by atoms with Crippen LogP contribution in [0.5, 0.6) is 0 Å². The number of ketones is 2. The van der Waals surface area contributed by atoms with Crippen LogP contribution < -0.4 is 0 Å². The summed E-state index contributed by atoms with van der Waals surface area (Å²) in [7, 11) is -3.21. The number of carbonyl (C=O) groups is 3. The standard InChI is InChI=1S/C17H12O7S/c1-23-9-15(18)24-25(21,22)10-6-7-13-14(8-10)17(20)12-5-3-2-4-11(12)16(13)19/h2-8H,9H2,1H3. The third kappa shape index (κ3) is 2.97. The quantitative estimate of drug-likeness (QED) is 0.647. The third-order valence-corrected chi connectivity index (χ3v) is 4.89. The van der Waals surface area contributed by atoms with Crippen LogP contribution in [0, 0.1) is 0 Å². The van der Waals surface area contributed by atoms with Crippen molar-refractivity contribution in [2.75, 3.05) is 13.7 Å². The van der Waals surface area contributed by atoms with E-state index < -0.39 is 33.4 Å². The van der Waals surface area contributed by atoms with Gasteiger partial charge in [-0.1, -0.05) is 24.3 Å². The van der Waals surface area contributed by atoms with E-state index in [0.29, 0.717) is 0 Å². The number of benzene rings is 2. The molecule has 0 atom stereocenters. The first kappa shape index (κ1) is 17.0. The number of hydrogen-bond donors (Lipinski definition) is 0. The summed E-state index contributed by atoms with van der Waals surface area (Å²) in [4.78, 5) is 36.0. The lowest BCUT2D eigenvalue weighted by molar-refractivity contribution is -0.137. The molecule has 0 saturated heterocycles. The number of hydrogen-bond acceptors (Lipinski definition) is 7. The molecular formula is C17H12O7S. The molecule has 0 unspecified atom stereocenters. The van der Waals surface area contributed by atoms with Crippen LogP contribution in [0.3, 0.4) is 0 Å². The number of methoxy groups -OCH3 is 1. The Labute approximate surface area is 143 Å². The average molecular weight is 360 g/mol. The summed E-state index contributed by atoms with van der Waals surface area (Å²) in [5.41, 5.74) is 0.520. The van der Waals surface area contributed by atoms with Gasteiger partial charge in [-0.15, -0.1) is 0 Å². The van der Waals surface area contributed by atoms with Gasteiger partial charge in [-0.2, -0.15) is 8.42 Å². The van der Waals surface area contributed by atoms with Gasteiger partial charge in [0, 0.05) is 29.4 Å². The van der Waals surface area contributed by atoms with Gasteiger partial charge >= 0.3 is 16.1 Å². The number of carbonyl (C=O) groups excluding carboxylic acids is 3. The topological polar surface area (TPSA) is 104 Å². The van der Waals surface area contributed by atoms with Crippen LogP contribution in [0.15, 0.2) is 47.4 Å². The molecule has 1 aliphatic rings. The molecule has 0 fully saturated rings. The van der Waals surface area contributed by atoms with Crippen molar-refractivity contribution in [2.24, 2.45) is 0 Å². The van der Waals surface area contributed by atoms with E-state index in [2.05, 4.69) is 8.92 Å². The maximum Gasteiger partial charge on any atom is 0.348 e. The van der Waals surface area contributed by atoms with Gasteiger partial charge in [0.15, 0.2) is 11.6 Å². The molecule has 2 aromatic rings. The zero-order valence-electron chi connectivity index (χ0n) is 13.0. The Bertz CT molecular complexity index is 1010. The van der Waals surface area contributed by atoms with E-state index in [-0.39, 0.29) is 28.0 Å². The Morgan fingerprint density at radius 2 is 1.48 bits per heavy atom. The Morgan fingerprint density at radius 1 is 0.920 bits per heavy atom. The average Bonchev–Trinajstić information content (AvgIpc) is 2.59. The van der Waals surface area contributed by atoms with Gasteiger partial charge in [0.1, 0.15) is 11.5 Å². The van der Waals surface area contributed by atoms with Gasteiger partial charge in [-0.25, -0.2) is 4.79 Å². The normalized spacial score (nSPS) is 13.2. The molecule has 0 aromatic heterocycles. The van der Waals surface area contributed by atoms with Gasteiger partial charge in [0.25, 0.3) is 0 Å². The smallest absolute Gasteiger partial charge is 0.348 e. The van der Waals surface area contributed by atoms with E-state index in [1.807, 2.05) is 0 Å². The van der Waals surface area contributed by atoms with Crippen molar-refractivity contribution < 1.29 is 31.7 Å². The minimum Gasteiger partial charge on any atom is -0.373 e. The van der Waals surface area contributed by atoms with Crippen LogP contribution in [-0.2, 0) is 23.8 Å². The van der Waals surface area contributed by atoms with Crippen molar-refractivity contribution in [3.8, 4) is 0 Å². The van der Waals surface area contributed by atoms with E-state index in [0.717, 1.165) is 12.1 Å². The number of fused-ring (bicyclic) bond motifs is 2. The lowest BCUT2D eigenvalue weighted by Gasteiger charge is -2.17. The molecule has 8 heteroatoms. The molecule has 0 aliphatic heterocycles. The zero-order valence-corrected chi connectivity index (χ0v) is 13.8. The molecule has 0 heterocycles. The fraction of sp³-hybridized carbons (Fsp3) is 0.118. The first-order valence-electron chi connectivity index (χ1n) is 7.14. The first-order chi connectivity index (χ1) is 11.8. The lowest BCUT2D eigenvalue weighted by atomic mass is 9.84. The van der Waals surface area contributed by atoms with Crippen LogP contribution in [0.1, 0.15) is 31.8 Å². The molecule has 25 heavy (non-hydrogen) atoms. The van der Waals surface area contributed by atoms with Crippen molar-refractivity contribution in [3.05, 3.63) is 64.7 Å². The highest BCUT2D eigenvalue weighted by molar-refractivity contribution is 7.87. The molecule has 3 rings (SSSR count). The fourth-order valence-electron chi connectivity index (χ4n) is 2.55. The predicted octanol–water partition coefficient (Wildman–Crippen LogP) is 1.34. The Balaban J connectivity index is 2.05. The molecule has 0 radical (unpaired) electrons. The summed E-state index contributed by atoms with van der Waals surface area (Å²) in [6.07, 6.45) is 0. The molecular weight excluding hydrogens is 348 g/mol. The summed E-state index contributed by atoms with van der Waals surface area (Å²) in [5, 5.41) is 0. The first-order valence-corrected chi connectivity index (χ1v) is 8.54. The molecule has 2 aromatic carbocycles. The van der Waals surface area contributed by atoms with Gasteiger partial charge in [-0.05, 0) is 18.2 Å². The molecule has 0 spiro atoms. The monoisotopic (exact) mass is 360 g/mol. The molecule has 0 N–H and O–H groups in total. The van der Waals surface area contributed by atoms with Crippen LogP contribution >= 0.6 is 0 Å². The second-order valence-corrected chi connectivity index (χ2v) is 6.80.